The molecule has 0 aliphatic carbocycles. The standard InChI is InChI=1S/C10H17N3O2/c14-8-13-5-1-2-9(13)10(15)12-6-3-11-4-7-12/h8-9,11H,1-7H2/t9-/m1/s1. The molecule has 5 nitrogen and oxygen atoms in total. The summed E-state index contributed by atoms with van der Waals surface area (Å²) in [5.41, 5.74) is 0. The summed E-state index contributed by atoms with van der Waals surface area (Å²) < 4.78 is 0. The van der Waals surface area contributed by atoms with Crippen molar-refractivity contribution in [3.8, 4) is 0 Å². The van der Waals surface area contributed by atoms with Gasteiger partial charge in [-0.2, -0.15) is 0 Å². The molecular weight excluding hydrogens is 194 g/mol. The van der Waals surface area contributed by atoms with Gasteiger partial charge in [-0.25, -0.2) is 0 Å². The van der Waals surface area contributed by atoms with Crippen LogP contribution in [0.15, 0.2) is 0 Å². The lowest BCUT2D eigenvalue weighted by Crippen LogP contribution is -2.52. The summed E-state index contributed by atoms with van der Waals surface area (Å²) in [5.74, 6) is 0.126. The van der Waals surface area contributed by atoms with Crippen LogP contribution in [0.5, 0.6) is 0 Å². The van der Waals surface area contributed by atoms with Crippen LogP contribution in [-0.2, 0) is 9.59 Å². The summed E-state index contributed by atoms with van der Waals surface area (Å²) in [4.78, 5) is 26.3. The van der Waals surface area contributed by atoms with Crippen molar-refractivity contribution in [2.45, 2.75) is 18.9 Å². The highest BCUT2D eigenvalue weighted by atomic mass is 16.2. The van der Waals surface area contributed by atoms with E-state index in [1.807, 2.05) is 4.90 Å². The first-order valence-corrected chi connectivity index (χ1v) is 5.53. The molecule has 0 unspecified atom stereocenters. The number of hydrogen-bond donors (Lipinski definition) is 1. The minimum Gasteiger partial charge on any atom is -0.338 e. The highest BCUT2D eigenvalue weighted by Gasteiger charge is 2.33. The van der Waals surface area contributed by atoms with E-state index in [-0.39, 0.29) is 11.9 Å². The number of carbonyl (C=O) groups excluding carboxylic acids is 2. The van der Waals surface area contributed by atoms with E-state index in [0.29, 0.717) is 0 Å². The van der Waals surface area contributed by atoms with Crippen LogP contribution in [0.3, 0.4) is 0 Å². The largest absolute Gasteiger partial charge is 0.338 e. The number of nitrogens with zero attached hydrogens (tertiary/aromatic N) is 2. The highest BCUT2D eigenvalue weighted by Crippen LogP contribution is 2.17. The van der Waals surface area contributed by atoms with Gasteiger partial charge < -0.3 is 15.1 Å². The number of piperazine rings is 1. The summed E-state index contributed by atoms with van der Waals surface area (Å²) in [7, 11) is 0. The van der Waals surface area contributed by atoms with Crippen LogP contribution in [0.4, 0.5) is 0 Å². The van der Waals surface area contributed by atoms with Crippen LogP contribution < -0.4 is 5.32 Å². The van der Waals surface area contributed by atoms with Crippen molar-refractivity contribution in [2.24, 2.45) is 0 Å². The summed E-state index contributed by atoms with van der Waals surface area (Å²) in [5, 5.41) is 3.21. The fourth-order valence-electron chi connectivity index (χ4n) is 2.28. The first-order valence-electron chi connectivity index (χ1n) is 5.53. The molecule has 0 radical (unpaired) electrons. The van der Waals surface area contributed by atoms with Crippen molar-refractivity contribution in [1.29, 1.82) is 0 Å². The molecule has 0 spiro atoms. The van der Waals surface area contributed by atoms with E-state index >= 15 is 0 Å². The molecule has 2 saturated heterocycles. The van der Waals surface area contributed by atoms with E-state index in [1.165, 1.54) is 0 Å². The van der Waals surface area contributed by atoms with Gasteiger partial charge in [0, 0.05) is 32.7 Å². The van der Waals surface area contributed by atoms with Crippen LogP contribution in [0.25, 0.3) is 0 Å². The van der Waals surface area contributed by atoms with Gasteiger partial charge in [0.1, 0.15) is 6.04 Å². The zero-order valence-electron chi connectivity index (χ0n) is 8.82. The first-order chi connectivity index (χ1) is 7.33. The Bertz CT molecular complexity index is 251. The Labute approximate surface area is 89.4 Å². The lowest BCUT2D eigenvalue weighted by atomic mass is 10.2. The van der Waals surface area contributed by atoms with Gasteiger partial charge in [0.05, 0.1) is 0 Å². The van der Waals surface area contributed by atoms with Gasteiger partial charge in [0.2, 0.25) is 12.3 Å². The van der Waals surface area contributed by atoms with Crippen LogP contribution >= 0.6 is 0 Å². The van der Waals surface area contributed by atoms with Gasteiger partial charge in [0.25, 0.3) is 0 Å². The predicted octanol–water partition coefficient (Wildman–Crippen LogP) is -0.961. The van der Waals surface area contributed by atoms with Gasteiger partial charge in [-0.15, -0.1) is 0 Å². The normalized spacial score (nSPS) is 26.8. The molecule has 0 saturated carbocycles. The Morgan fingerprint density at radius 2 is 2.00 bits per heavy atom. The molecule has 2 aliphatic heterocycles. The van der Waals surface area contributed by atoms with Crippen molar-refractivity contribution in [2.75, 3.05) is 32.7 Å². The molecule has 5 heteroatoms. The second-order valence-corrected chi connectivity index (χ2v) is 4.08. The molecule has 2 heterocycles. The topological polar surface area (TPSA) is 52.7 Å². The third kappa shape index (κ3) is 2.12. The van der Waals surface area contributed by atoms with E-state index in [1.54, 1.807) is 4.90 Å². The predicted molar refractivity (Wildman–Crippen MR) is 55.2 cm³/mol. The summed E-state index contributed by atoms with van der Waals surface area (Å²) in [6.07, 6.45) is 2.57. The maximum atomic E-state index is 12.1. The summed E-state index contributed by atoms with van der Waals surface area (Å²) in [6.45, 7) is 3.98. The number of nitrogens with one attached hydrogen (secondary N) is 1. The Balaban J connectivity index is 1.96. The second-order valence-electron chi connectivity index (χ2n) is 4.08. The van der Waals surface area contributed by atoms with E-state index in [9.17, 15) is 9.59 Å². The summed E-state index contributed by atoms with van der Waals surface area (Å²) in [6, 6.07) is -0.194. The van der Waals surface area contributed by atoms with Crippen molar-refractivity contribution in [3.05, 3.63) is 0 Å². The molecule has 2 rings (SSSR count). The van der Waals surface area contributed by atoms with E-state index in [2.05, 4.69) is 5.32 Å². The van der Waals surface area contributed by atoms with E-state index in [4.69, 9.17) is 0 Å². The molecule has 15 heavy (non-hydrogen) atoms. The first kappa shape index (κ1) is 10.4. The molecule has 0 aromatic carbocycles. The maximum absolute atomic E-state index is 12.1. The van der Waals surface area contributed by atoms with Crippen molar-refractivity contribution < 1.29 is 9.59 Å². The molecule has 0 aromatic heterocycles. The number of hydrogen-bond acceptors (Lipinski definition) is 3. The smallest absolute Gasteiger partial charge is 0.245 e. The Morgan fingerprint density at radius 1 is 1.27 bits per heavy atom. The van der Waals surface area contributed by atoms with Crippen molar-refractivity contribution in [1.82, 2.24) is 15.1 Å². The van der Waals surface area contributed by atoms with Crippen molar-refractivity contribution in [3.63, 3.8) is 0 Å². The molecule has 84 valence electrons. The molecule has 2 fully saturated rings. The second kappa shape index (κ2) is 4.61. The molecule has 1 N–H and O–H groups in total. The molecule has 0 bridgehead atoms. The van der Waals surface area contributed by atoms with Crippen LogP contribution in [0, 0.1) is 0 Å². The number of likely N-dealkylation sites (tertiary alicyclic amines) is 1. The van der Waals surface area contributed by atoms with Gasteiger partial charge in [-0.05, 0) is 12.8 Å². The zero-order valence-corrected chi connectivity index (χ0v) is 8.82. The third-order valence-corrected chi connectivity index (χ3v) is 3.14. The van der Waals surface area contributed by atoms with Crippen LogP contribution in [-0.4, -0.2) is 60.9 Å². The summed E-state index contributed by atoms with van der Waals surface area (Å²) >= 11 is 0. The molecule has 1 atom stereocenters. The van der Waals surface area contributed by atoms with Crippen LogP contribution in [0.1, 0.15) is 12.8 Å². The van der Waals surface area contributed by atoms with Gasteiger partial charge in [-0.1, -0.05) is 0 Å². The maximum Gasteiger partial charge on any atom is 0.245 e. The number of carbonyl (C=O) groups is 2. The van der Waals surface area contributed by atoms with Gasteiger partial charge in [-0.3, -0.25) is 9.59 Å². The van der Waals surface area contributed by atoms with E-state index < -0.39 is 0 Å². The zero-order chi connectivity index (χ0) is 10.7. The lowest BCUT2D eigenvalue weighted by molar-refractivity contribution is -0.139. The monoisotopic (exact) mass is 211 g/mol. The molecular formula is C10H17N3O2. The number of rotatable bonds is 2. The minimum absolute atomic E-state index is 0.126. The molecule has 2 aliphatic rings. The SMILES string of the molecule is O=CN1CCC[C@@H]1C(=O)N1CCNCC1. The van der Waals surface area contributed by atoms with Gasteiger partial charge in [0.15, 0.2) is 0 Å². The Hall–Kier alpha value is -1.10. The fraction of sp³-hybridized carbons (Fsp3) is 0.800. The highest BCUT2D eigenvalue weighted by molar-refractivity contribution is 5.84. The Kier molecular flexibility index (Phi) is 3.20. The average Bonchev–Trinajstić information content (AvgIpc) is 2.77. The Morgan fingerprint density at radius 3 is 2.67 bits per heavy atom. The fourth-order valence-corrected chi connectivity index (χ4v) is 2.28. The average molecular weight is 211 g/mol. The number of amides is 2. The van der Waals surface area contributed by atoms with Crippen LogP contribution in [0.2, 0.25) is 0 Å². The van der Waals surface area contributed by atoms with Crippen molar-refractivity contribution >= 4 is 12.3 Å². The van der Waals surface area contributed by atoms with E-state index in [0.717, 1.165) is 52.0 Å². The minimum atomic E-state index is -0.194. The quantitative estimate of drug-likeness (QED) is 0.598. The van der Waals surface area contributed by atoms with Gasteiger partial charge >= 0.3 is 0 Å². The lowest BCUT2D eigenvalue weighted by Gasteiger charge is -2.31. The molecule has 0 aromatic rings. The molecule has 2 amide bonds. The third-order valence-electron chi connectivity index (χ3n) is 3.14.